The molecule has 0 aliphatic heterocycles. The number of nitrogens with zero attached hydrogens (tertiary/aromatic N) is 1. The summed E-state index contributed by atoms with van der Waals surface area (Å²) >= 11 is 0. The summed E-state index contributed by atoms with van der Waals surface area (Å²) in [7, 11) is 0. The summed E-state index contributed by atoms with van der Waals surface area (Å²) in [6.45, 7) is 4.81. The third-order valence-electron chi connectivity index (χ3n) is 2.60. The first kappa shape index (κ1) is 12.2. The molecule has 0 aliphatic rings. The van der Waals surface area contributed by atoms with Crippen LogP contribution < -0.4 is 5.84 Å². The molecule has 0 radical (unpaired) electrons. The van der Waals surface area contributed by atoms with Gasteiger partial charge in [0.15, 0.2) is 0 Å². The van der Waals surface area contributed by atoms with E-state index in [1.165, 1.54) is 0 Å². The van der Waals surface area contributed by atoms with Gasteiger partial charge in [-0.1, -0.05) is 37.3 Å². The molecule has 3 N–H and O–H groups in total. The highest BCUT2D eigenvalue weighted by Crippen LogP contribution is 2.18. The Labute approximate surface area is 91.5 Å². The number of nitrogens with two attached hydrogens (primary N) is 1. The van der Waals surface area contributed by atoms with Crippen molar-refractivity contribution in [1.29, 1.82) is 0 Å². The van der Waals surface area contributed by atoms with E-state index in [0.717, 1.165) is 18.5 Å². The summed E-state index contributed by atoms with van der Waals surface area (Å²) in [6, 6.07) is 9.56. The lowest BCUT2D eigenvalue weighted by Crippen LogP contribution is -2.43. The predicted molar refractivity (Wildman–Crippen MR) is 62.0 cm³/mol. The van der Waals surface area contributed by atoms with Crippen LogP contribution in [0.4, 0.5) is 0 Å². The molecular weight excluding hydrogens is 188 g/mol. The Balaban J connectivity index is 2.64. The second-order valence-electron chi connectivity index (χ2n) is 3.83. The molecule has 1 rings (SSSR count). The van der Waals surface area contributed by atoms with Crippen LogP contribution in [0.2, 0.25) is 0 Å². The van der Waals surface area contributed by atoms with Gasteiger partial charge in [0.1, 0.15) is 0 Å². The van der Waals surface area contributed by atoms with E-state index in [0.29, 0.717) is 0 Å². The van der Waals surface area contributed by atoms with Crippen LogP contribution in [0.25, 0.3) is 0 Å². The van der Waals surface area contributed by atoms with Crippen molar-refractivity contribution in [3.63, 3.8) is 0 Å². The highest BCUT2D eigenvalue weighted by molar-refractivity contribution is 5.18. The van der Waals surface area contributed by atoms with Crippen molar-refractivity contribution in [2.24, 2.45) is 5.84 Å². The first-order valence-electron chi connectivity index (χ1n) is 5.41. The Bertz CT molecular complexity index is 276. The minimum Gasteiger partial charge on any atom is -0.387 e. The van der Waals surface area contributed by atoms with E-state index in [2.05, 4.69) is 6.92 Å². The first-order chi connectivity index (χ1) is 7.16. The Morgan fingerprint density at radius 1 is 1.33 bits per heavy atom. The first-order valence-corrected chi connectivity index (χ1v) is 5.41. The zero-order valence-electron chi connectivity index (χ0n) is 9.43. The number of hydrogen-bond donors (Lipinski definition) is 2. The maximum atomic E-state index is 10.1. The van der Waals surface area contributed by atoms with E-state index in [1.807, 2.05) is 37.3 Å². The van der Waals surface area contributed by atoms with Crippen LogP contribution >= 0.6 is 0 Å². The van der Waals surface area contributed by atoms with Crippen LogP contribution in [0.1, 0.15) is 31.9 Å². The van der Waals surface area contributed by atoms with Gasteiger partial charge < -0.3 is 5.11 Å². The van der Waals surface area contributed by atoms with Gasteiger partial charge in [-0.3, -0.25) is 5.84 Å². The van der Waals surface area contributed by atoms with Crippen LogP contribution in [0.3, 0.4) is 0 Å². The quantitative estimate of drug-likeness (QED) is 0.572. The van der Waals surface area contributed by atoms with Gasteiger partial charge in [-0.05, 0) is 18.9 Å². The predicted octanol–water partition coefficient (Wildman–Crippen LogP) is 1.69. The van der Waals surface area contributed by atoms with Gasteiger partial charge in [0.2, 0.25) is 0 Å². The summed E-state index contributed by atoms with van der Waals surface area (Å²) in [5.41, 5.74) is 0.913. The van der Waals surface area contributed by atoms with E-state index in [1.54, 1.807) is 5.01 Å². The monoisotopic (exact) mass is 208 g/mol. The van der Waals surface area contributed by atoms with Crippen molar-refractivity contribution in [1.82, 2.24) is 5.01 Å². The maximum Gasteiger partial charge on any atom is 0.0956 e. The molecule has 0 saturated heterocycles. The lowest BCUT2D eigenvalue weighted by Gasteiger charge is -2.28. The van der Waals surface area contributed by atoms with Gasteiger partial charge in [0.25, 0.3) is 0 Å². The molecule has 1 aromatic rings. The topological polar surface area (TPSA) is 49.5 Å². The fraction of sp³-hybridized carbons (Fsp3) is 0.500. The number of aliphatic hydroxyl groups excluding tert-OH is 1. The second kappa shape index (κ2) is 5.85. The molecular formula is C12H20N2O. The molecule has 3 heteroatoms. The molecule has 15 heavy (non-hydrogen) atoms. The molecule has 0 bridgehead atoms. The molecule has 0 saturated carbocycles. The Hall–Kier alpha value is -0.900. The Kier molecular flexibility index (Phi) is 4.75. The van der Waals surface area contributed by atoms with Crippen LogP contribution in [-0.4, -0.2) is 22.7 Å². The van der Waals surface area contributed by atoms with E-state index < -0.39 is 6.10 Å². The average Bonchev–Trinajstić information content (AvgIpc) is 2.28. The molecule has 0 aliphatic carbocycles. The van der Waals surface area contributed by atoms with Crippen molar-refractivity contribution in [3.8, 4) is 0 Å². The molecule has 0 unspecified atom stereocenters. The molecule has 0 aromatic heterocycles. The summed E-state index contributed by atoms with van der Waals surface area (Å²) in [6.07, 6.45) is 0.463. The van der Waals surface area contributed by atoms with Gasteiger partial charge in [-0.15, -0.1) is 0 Å². The smallest absolute Gasteiger partial charge is 0.0956 e. The average molecular weight is 208 g/mol. The zero-order valence-corrected chi connectivity index (χ0v) is 9.43. The second-order valence-corrected chi connectivity index (χ2v) is 3.83. The minimum atomic E-state index is -0.525. The maximum absolute atomic E-state index is 10.1. The van der Waals surface area contributed by atoms with E-state index in [9.17, 15) is 5.11 Å². The van der Waals surface area contributed by atoms with Gasteiger partial charge in [-0.25, -0.2) is 5.01 Å². The number of benzene rings is 1. The largest absolute Gasteiger partial charge is 0.387 e. The van der Waals surface area contributed by atoms with E-state index in [-0.39, 0.29) is 6.04 Å². The van der Waals surface area contributed by atoms with Crippen molar-refractivity contribution >= 4 is 0 Å². The van der Waals surface area contributed by atoms with Crippen LogP contribution in [0.15, 0.2) is 30.3 Å². The third-order valence-corrected chi connectivity index (χ3v) is 2.60. The lowest BCUT2D eigenvalue weighted by molar-refractivity contribution is 0.0577. The van der Waals surface area contributed by atoms with Gasteiger partial charge in [0, 0.05) is 6.54 Å². The zero-order chi connectivity index (χ0) is 11.3. The normalized spacial score (nSPS) is 15.3. The van der Waals surface area contributed by atoms with Crippen molar-refractivity contribution in [2.45, 2.75) is 32.4 Å². The van der Waals surface area contributed by atoms with Crippen molar-refractivity contribution < 1.29 is 5.11 Å². The van der Waals surface area contributed by atoms with Crippen molar-refractivity contribution in [3.05, 3.63) is 35.9 Å². The highest BCUT2D eigenvalue weighted by Gasteiger charge is 2.19. The summed E-state index contributed by atoms with van der Waals surface area (Å²) in [5, 5.41) is 11.8. The summed E-state index contributed by atoms with van der Waals surface area (Å²) in [4.78, 5) is 0. The molecule has 1 aromatic carbocycles. The van der Waals surface area contributed by atoms with Gasteiger partial charge in [0.05, 0.1) is 12.1 Å². The van der Waals surface area contributed by atoms with Crippen LogP contribution in [0, 0.1) is 0 Å². The van der Waals surface area contributed by atoms with Gasteiger partial charge in [-0.2, -0.15) is 0 Å². The van der Waals surface area contributed by atoms with Crippen molar-refractivity contribution in [2.75, 3.05) is 6.54 Å². The number of rotatable bonds is 5. The van der Waals surface area contributed by atoms with E-state index in [4.69, 9.17) is 5.84 Å². The lowest BCUT2D eigenvalue weighted by atomic mass is 10.0. The number of hydrazine groups is 1. The molecule has 0 amide bonds. The molecule has 2 atom stereocenters. The molecule has 0 heterocycles. The third kappa shape index (κ3) is 3.30. The SMILES string of the molecule is CCCN(N)[C@@H](C)[C@H](O)c1ccccc1. The standard InChI is InChI=1S/C12H20N2O/c1-3-9-14(13)10(2)12(15)11-7-5-4-6-8-11/h4-8,10,12,15H,3,9,13H2,1-2H3/t10-,12-/m0/s1. The Morgan fingerprint density at radius 3 is 2.47 bits per heavy atom. The molecule has 84 valence electrons. The fourth-order valence-corrected chi connectivity index (χ4v) is 1.57. The molecule has 3 nitrogen and oxygen atoms in total. The Morgan fingerprint density at radius 2 is 1.93 bits per heavy atom. The van der Waals surface area contributed by atoms with E-state index >= 15 is 0 Å². The summed E-state index contributed by atoms with van der Waals surface area (Å²) in [5.74, 6) is 5.84. The van der Waals surface area contributed by atoms with Crippen LogP contribution in [0.5, 0.6) is 0 Å². The number of aliphatic hydroxyl groups is 1. The van der Waals surface area contributed by atoms with Crippen LogP contribution in [-0.2, 0) is 0 Å². The molecule has 0 fully saturated rings. The highest BCUT2D eigenvalue weighted by atomic mass is 16.3. The summed E-state index contributed by atoms with van der Waals surface area (Å²) < 4.78 is 0. The molecule has 0 spiro atoms. The number of hydrogen-bond acceptors (Lipinski definition) is 3. The fourth-order valence-electron chi connectivity index (χ4n) is 1.57. The minimum absolute atomic E-state index is 0.0626. The van der Waals surface area contributed by atoms with Gasteiger partial charge >= 0.3 is 0 Å².